The molecule has 2 aromatic heterocycles. The quantitative estimate of drug-likeness (QED) is 0.162. The minimum Gasteiger partial charge on any atom is -0.456 e. The number of amides is 2. The van der Waals surface area contributed by atoms with Crippen molar-refractivity contribution in [1.82, 2.24) is 19.9 Å². The van der Waals surface area contributed by atoms with Crippen molar-refractivity contribution in [3.8, 4) is 11.3 Å². The van der Waals surface area contributed by atoms with E-state index in [0.29, 0.717) is 58.6 Å². The number of nitrogens with one attached hydrogen (secondary N) is 2. The summed E-state index contributed by atoms with van der Waals surface area (Å²) in [4.78, 5) is 47.3. The van der Waals surface area contributed by atoms with Gasteiger partial charge in [0.2, 0.25) is 0 Å². The molecule has 1 aliphatic rings. The first-order valence-corrected chi connectivity index (χ1v) is 15.2. The smallest absolute Gasteiger partial charge is 0.310 e. The van der Waals surface area contributed by atoms with E-state index < -0.39 is 32.8 Å². The number of hydrogen-bond donors (Lipinski definition) is 2. The van der Waals surface area contributed by atoms with Crippen LogP contribution >= 0.6 is 10.2 Å². The summed E-state index contributed by atoms with van der Waals surface area (Å²) in [5.41, 5.74) is 2.63. The molecule has 0 saturated carbocycles. The summed E-state index contributed by atoms with van der Waals surface area (Å²) in [6, 6.07) is 5.47. The second kappa shape index (κ2) is 10.6. The number of hydrogen-bond acceptors (Lipinski definition) is 6. The highest BCUT2D eigenvalue weighted by atomic mass is 32.5. The molecule has 3 heterocycles. The molecule has 0 aliphatic carbocycles. The van der Waals surface area contributed by atoms with E-state index in [0.717, 1.165) is 11.6 Å². The van der Waals surface area contributed by atoms with Gasteiger partial charge in [0.25, 0.3) is 11.8 Å². The lowest BCUT2D eigenvalue weighted by atomic mass is 10.00. The highest BCUT2D eigenvalue weighted by molar-refractivity contribution is 8.45. The van der Waals surface area contributed by atoms with Gasteiger partial charge in [-0.2, -0.15) is 0 Å². The third-order valence-electron chi connectivity index (χ3n) is 7.17. The van der Waals surface area contributed by atoms with Gasteiger partial charge in [-0.3, -0.25) is 14.4 Å². The minimum atomic E-state index is -9.92. The van der Waals surface area contributed by atoms with Crippen LogP contribution in [0.15, 0.2) is 59.8 Å². The molecule has 0 bridgehead atoms. The molecule has 238 valence electrons. The number of halogens is 6. The number of ether oxygens (including phenoxy) is 1. The fourth-order valence-corrected chi connectivity index (χ4v) is 5.49. The Bertz CT molecular complexity index is 1890. The molecule has 0 saturated heterocycles. The molecule has 4 aromatic rings. The molecule has 0 radical (unpaired) electrons. The number of benzene rings is 2. The first kappa shape index (κ1) is 31.6. The Labute approximate surface area is 252 Å². The third-order valence-corrected chi connectivity index (χ3v) is 8.33. The zero-order chi connectivity index (χ0) is 32.8. The van der Waals surface area contributed by atoms with Crippen molar-refractivity contribution in [2.24, 2.45) is 0 Å². The van der Waals surface area contributed by atoms with Crippen LogP contribution in [0.4, 0.5) is 29.5 Å². The maximum atomic E-state index is 14.8. The number of nitrogens with zero attached hydrogens (tertiary/aromatic N) is 3. The van der Waals surface area contributed by atoms with Crippen molar-refractivity contribution < 1.29 is 42.9 Å². The van der Waals surface area contributed by atoms with Gasteiger partial charge in [0, 0.05) is 47.9 Å². The second-order valence-corrected chi connectivity index (χ2v) is 12.7. The Kier molecular flexibility index (Phi) is 7.46. The monoisotopic (exact) mass is 653 g/mol. The van der Waals surface area contributed by atoms with Gasteiger partial charge in [-0.05, 0) is 66.9 Å². The van der Waals surface area contributed by atoms with Crippen LogP contribution in [-0.2, 0) is 14.3 Å². The molecule has 0 fully saturated rings. The average Bonchev–Trinajstić information content (AvgIpc) is 3.41. The maximum Gasteiger partial charge on any atom is 0.310 e. The highest BCUT2D eigenvalue weighted by Gasteiger charge is 2.65. The number of aromatic nitrogens is 3. The van der Waals surface area contributed by atoms with E-state index in [1.165, 1.54) is 19.3 Å². The number of carbonyl (C=O) groups is 3. The molecule has 0 spiro atoms. The van der Waals surface area contributed by atoms with Crippen molar-refractivity contribution in [2.45, 2.75) is 25.2 Å². The summed E-state index contributed by atoms with van der Waals surface area (Å²) >= 11 is 0. The summed E-state index contributed by atoms with van der Waals surface area (Å²) in [6.07, 6.45) is 3.60. The Morgan fingerprint density at radius 1 is 1.04 bits per heavy atom. The molecule has 9 nitrogen and oxygen atoms in total. The van der Waals surface area contributed by atoms with Crippen molar-refractivity contribution >= 4 is 50.3 Å². The molecule has 2 N–H and O–H groups in total. The van der Waals surface area contributed by atoms with Gasteiger partial charge in [-0.15, -0.1) is 0 Å². The van der Waals surface area contributed by atoms with Gasteiger partial charge in [0.05, 0.1) is 5.69 Å². The van der Waals surface area contributed by atoms with Gasteiger partial charge in [0.1, 0.15) is 22.7 Å². The molecule has 45 heavy (non-hydrogen) atoms. The SMILES string of the molecule is CC(=O)OCC(=O)N1CC=C(c2cc3c(-c4cc(F)cc(NC(=O)c5ccc(S(F)(F)(F)(F)F)cc5)c4C)ncnc3[nH]2)CC1. The molecule has 16 heteroatoms. The third kappa shape index (κ3) is 6.95. The van der Waals surface area contributed by atoms with Crippen LogP contribution in [0.3, 0.4) is 0 Å². The topological polar surface area (TPSA) is 117 Å². The molecule has 2 amide bonds. The fourth-order valence-electron chi connectivity index (χ4n) is 4.84. The van der Waals surface area contributed by atoms with E-state index in [9.17, 15) is 38.2 Å². The zero-order valence-corrected chi connectivity index (χ0v) is 24.5. The number of H-pyrrole nitrogens is 1. The van der Waals surface area contributed by atoms with Gasteiger partial charge in [0.15, 0.2) is 6.61 Å². The standard InChI is InChI=1S/C29H25F6N5O4S/c1-16-22(11-20(30)12-24(16)39-29(43)19-3-5-21(6-4-19)45(31,32,33,34)35)27-23-13-25(38-28(23)37-15-36-27)18-7-9-40(10-8-18)26(42)14-44-17(2)41/h3-7,11-13,15H,8-10,14H2,1-2H3,(H,39,43)(H,36,37,38). The lowest BCUT2D eigenvalue weighted by Gasteiger charge is -2.40. The summed E-state index contributed by atoms with van der Waals surface area (Å²) in [6.45, 7) is 3.12. The maximum absolute atomic E-state index is 14.8. The van der Waals surface area contributed by atoms with Crippen LogP contribution < -0.4 is 5.32 Å². The molecule has 5 rings (SSSR count). The van der Waals surface area contributed by atoms with E-state index in [1.54, 1.807) is 17.9 Å². The molecule has 0 unspecified atom stereocenters. The van der Waals surface area contributed by atoms with E-state index in [1.807, 2.05) is 6.08 Å². The molecule has 0 atom stereocenters. The Morgan fingerprint density at radius 3 is 2.38 bits per heavy atom. The number of fused-ring (bicyclic) bond motifs is 1. The fraction of sp³-hybridized carbons (Fsp3) is 0.207. The number of aromatic amines is 1. The van der Waals surface area contributed by atoms with Crippen LogP contribution in [0, 0.1) is 12.7 Å². The van der Waals surface area contributed by atoms with Gasteiger partial charge < -0.3 is 19.9 Å². The molecular weight excluding hydrogens is 628 g/mol. The Balaban J connectivity index is 1.40. The zero-order valence-electron chi connectivity index (χ0n) is 23.7. The van der Waals surface area contributed by atoms with Crippen LogP contribution in [-0.4, -0.2) is 57.3 Å². The molecule has 1 aliphatic heterocycles. The first-order chi connectivity index (χ1) is 20.9. The van der Waals surface area contributed by atoms with Crippen molar-refractivity contribution in [2.75, 3.05) is 25.0 Å². The minimum absolute atomic E-state index is 0.0113. The summed E-state index contributed by atoms with van der Waals surface area (Å²) in [7, 11) is -9.92. The van der Waals surface area contributed by atoms with Crippen molar-refractivity contribution in [1.29, 1.82) is 0 Å². The van der Waals surface area contributed by atoms with Gasteiger partial charge in [-0.25, -0.2) is 14.4 Å². The largest absolute Gasteiger partial charge is 0.456 e. The lowest BCUT2D eigenvalue weighted by molar-refractivity contribution is -0.150. The predicted molar refractivity (Wildman–Crippen MR) is 156 cm³/mol. The van der Waals surface area contributed by atoms with E-state index >= 15 is 0 Å². The number of carbonyl (C=O) groups excluding carboxylic acids is 3. The number of esters is 1. The second-order valence-electron chi connectivity index (χ2n) is 10.3. The van der Waals surface area contributed by atoms with Crippen LogP contribution in [0.2, 0.25) is 0 Å². The highest BCUT2D eigenvalue weighted by Crippen LogP contribution is 3.02. The lowest BCUT2D eigenvalue weighted by Crippen LogP contribution is -2.37. The van der Waals surface area contributed by atoms with Crippen molar-refractivity contribution in [3.05, 3.63) is 77.5 Å². The summed E-state index contributed by atoms with van der Waals surface area (Å²) < 4.78 is 84.9. The van der Waals surface area contributed by atoms with Crippen molar-refractivity contribution in [3.63, 3.8) is 0 Å². The van der Waals surface area contributed by atoms with Crippen LogP contribution in [0.5, 0.6) is 0 Å². The van der Waals surface area contributed by atoms with E-state index in [4.69, 9.17) is 4.74 Å². The van der Waals surface area contributed by atoms with Gasteiger partial charge >= 0.3 is 16.2 Å². The summed E-state index contributed by atoms with van der Waals surface area (Å²) in [5.74, 6) is -2.57. The van der Waals surface area contributed by atoms with Crippen LogP contribution in [0.25, 0.3) is 27.9 Å². The normalized spacial score (nSPS) is 15.2. The van der Waals surface area contributed by atoms with Crippen LogP contribution in [0.1, 0.15) is 35.0 Å². The predicted octanol–water partition coefficient (Wildman–Crippen LogP) is 7.16. The van der Waals surface area contributed by atoms with E-state index in [-0.39, 0.29) is 42.4 Å². The average molecular weight is 654 g/mol. The number of anilines is 1. The first-order valence-electron chi connectivity index (χ1n) is 13.3. The molecular formula is C29H25F6N5O4S. The number of rotatable bonds is 7. The van der Waals surface area contributed by atoms with Gasteiger partial charge in [-0.1, -0.05) is 25.5 Å². The summed E-state index contributed by atoms with van der Waals surface area (Å²) in [5, 5.41) is 2.96. The molecule has 2 aromatic carbocycles. The Hall–Kier alpha value is -4.86. The van der Waals surface area contributed by atoms with E-state index in [2.05, 4.69) is 20.3 Å². The Morgan fingerprint density at radius 2 is 1.76 bits per heavy atom.